The number of thiophene rings is 1. The molecule has 0 spiro atoms. The molecule has 1 N–H and O–H groups in total. The number of amides is 1. The topological polar surface area (TPSA) is 38.3 Å². The predicted octanol–water partition coefficient (Wildman–Crippen LogP) is 2.61. The minimum absolute atomic E-state index is 0.176. The molecule has 0 fully saturated rings. The van der Waals surface area contributed by atoms with E-state index in [0.29, 0.717) is 0 Å². The highest BCUT2D eigenvalue weighted by molar-refractivity contribution is 7.16. The quantitative estimate of drug-likeness (QED) is 0.826. The van der Waals surface area contributed by atoms with Crippen LogP contribution in [-0.2, 0) is 17.6 Å². The molecule has 0 radical (unpaired) electrons. The van der Waals surface area contributed by atoms with E-state index in [-0.39, 0.29) is 12.1 Å². The summed E-state index contributed by atoms with van der Waals surface area (Å²) in [7, 11) is 1.38. The number of hydrogen-bond acceptors (Lipinski definition) is 3. The smallest absolute Gasteiger partial charge is 0.407 e. The number of hydrogen-bond donors (Lipinski definition) is 1. The largest absolute Gasteiger partial charge is 0.453 e. The number of nitrogens with one attached hydrogen (secondary N) is 1. The number of rotatable bonds is 1. The summed E-state index contributed by atoms with van der Waals surface area (Å²) in [5.41, 5.74) is 1.26. The lowest BCUT2D eigenvalue weighted by molar-refractivity contribution is 0.165. The molecule has 0 saturated heterocycles. The lowest BCUT2D eigenvalue weighted by atomic mass is 9.95. The van der Waals surface area contributed by atoms with Crippen LogP contribution in [0.5, 0.6) is 0 Å². The summed E-state index contributed by atoms with van der Waals surface area (Å²) in [6.07, 6.45) is 2.44. The summed E-state index contributed by atoms with van der Waals surface area (Å²) < 4.78 is 5.40. The minimum Gasteiger partial charge on any atom is -0.453 e. The first-order valence-electron chi connectivity index (χ1n) is 4.80. The molecule has 3 nitrogen and oxygen atoms in total. The van der Waals surface area contributed by atoms with Crippen molar-refractivity contribution in [3.05, 3.63) is 20.8 Å². The summed E-state index contributed by atoms with van der Waals surface area (Å²) in [6, 6.07) is 2.17. The number of carbonyl (C=O) groups excluding carboxylic acids is 1. The first-order chi connectivity index (χ1) is 7.19. The van der Waals surface area contributed by atoms with Crippen molar-refractivity contribution in [3.8, 4) is 0 Å². The maximum Gasteiger partial charge on any atom is 0.407 e. The van der Waals surface area contributed by atoms with Gasteiger partial charge in [0.15, 0.2) is 0 Å². The molecule has 15 heavy (non-hydrogen) atoms. The minimum atomic E-state index is -0.357. The Labute approximate surface area is 97.4 Å². The van der Waals surface area contributed by atoms with Gasteiger partial charge in [0.25, 0.3) is 0 Å². The molecule has 1 aromatic heterocycles. The molecule has 1 aromatic rings. The van der Waals surface area contributed by atoms with Crippen molar-refractivity contribution in [2.24, 2.45) is 0 Å². The van der Waals surface area contributed by atoms with E-state index in [9.17, 15) is 4.79 Å². The Morgan fingerprint density at radius 1 is 1.73 bits per heavy atom. The van der Waals surface area contributed by atoms with Crippen LogP contribution in [0.15, 0.2) is 6.07 Å². The van der Waals surface area contributed by atoms with Crippen molar-refractivity contribution in [2.45, 2.75) is 25.3 Å². The maximum absolute atomic E-state index is 11.0. The molecule has 0 aliphatic heterocycles. The molecule has 1 heterocycles. The summed E-state index contributed by atoms with van der Waals surface area (Å²) >= 11 is 7.58. The van der Waals surface area contributed by atoms with Crippen molar-refractivity contribution in [3.63, 3.8) is 0 Å². The molecule has 1 aliphatic carbocycles. The zero-order valence-corrected chi connectivity index (χ0v) is 9.95. The Morgan fingerprint density at radius 3 is 3.27 bits per heavy atom. The van der Waals surface area contributed by atoms with Gasteiger partial charge in [-0.25, -0.2) is 4.79 Å². The molecule has 1 aliphatic rings. The van der Waals surface area contributed by atoms with E-state index in [1.54, 1.807) is 11.3 Å². The second-order valence-corrected chi connectivity index (χ2v) is 5.34. The molecule has 2 rings (SSSR count). The van der Waals surface area contributed by atoms with E-state index < -0.39 is 0 Å². The van der Waals surface area contributed by atoms with Crippen LogP contribution in [0.4, 0.5) is 4.79 Å². The standard InChI is InChI=1S/C10H12ClNO2S/c1-14-10(13)12-7-2-3-8-6(4-7)5-9(11)15-8/h5,7H,2-4H2,1H3,(H,12,13). The van der Waals surface area contributed by atoms with Crippen molar-refractivity contribution in [1.29, 1.82) is 0 Å². The zero-order valence-electron chi connectivity index (χ0n) is 8.38. The lowest BCUT2D eigenvalue weighted by Crippen LogP contribution is -2.38. The summed E-state index contributed by atoms with van der Waals surface area (Å²) in [6.45, 7) is 0. The first kappa shape index (κ1) is 10.8. The van der Waals surface area contributed by atoms with E-state index in [1.165, 1.54) is 17.6 Å². The van der Waals surface area contributed by atoms with E-state index in [1.807, 2.05) is 6.07 Å². The number of alkyl carbamates (subject to hydrolysis) is 1. The van der Waals surface area contributed by atoms with Gasteiger partial charge in [-0.05, 0) is 30.9 Å². The van der Waals surface area contributed by atoms with Gasteiger partial charge in [0.2, 0.25) is 0 Å². The Balaban J connectivity index is 2.02. The Morgan fingerprint density at radius 2 is 2.53 bits per heavy atom. The van der Waals surface area contributed by atoms with Gasteiger partial charge in [-0.2, -0.15) is 0 Å². The van der Waals surface area contributed by atoms with Crippen LogP contribution in [0.2, 0.25) is 4.34 Å². The fourth-order valence-electron chi connectivity index (χ4n) is 1.84. The van der Waals surface area contributed by atoms with Gasteiger partial charge >= 0.3 is 6.09 Å². The second kappa shape index (κ2) is 4.41. The molecule has 0 aromatic carbocycles. The van der Waals surface area contributed by atoms with Gasteiger partial charge in [-0.1, -0.05) is 11.6 Å². The number of ether oxygens (including phenoxy) is 1. The van der Waals surface area contributed by atoms with E-state index in [4.69, 9.17) is 11.6 Å². The van der Waals surface area contributed by atoms with Crippen LogP contribution in [0.3, 0.4) is 0 Å². The van der Waals surface area contributed by atoms with E-state index >= 15 is 0 Å². The highest BCUT2D eigenvalue weighted by atomic mass is 35.5. The SMILES string of the molecule is COC(=O)NC1CCc2sc(Cl)cc2C1. The molecule has 82 valence electrons. The van der Waals surface area contributed by atoms with Crippen molar-refractivity contribution < 1.29 is 9.53 Å². The average molecular weight is 246 g/mol. The molecule has 1 amide bonds. The van der Waals surface area contributed by atoms with Crippen LogP contribution >= 0.6 is 22.9 Å². The second-order valence-electron chi connectivity index (χ2n) is 3.57. The van der Waals surface area contributed by atoms with E-state index in [2.05, 4.69) is 10.1 Å². The van der Waals surface area contributed by atoms with Gasteiger partial charge in [-0.15, -0.1) is 11.3 Å². The van der Waals surface area contributed by atoms with Gasteiger partial charge in [0.05, 0.1) is 11.4 Å². The van der Waals surface area contributed by atoms with Crippen LogP contribution < -0.4 is 5.32 Å². The van der Waals surface area contributed by atoms with Gasteiger partial charge in [0, 0.05) is 10.9 Å². The average Bonchev–Trinajstić information content (AvgIpc) is 2.57. The van der Waals surface area contributed by atoms with Crippen molar-refractivity contribution in [2.75, 3.05) is 7.11 Å². The van der Waals surface area contributed by atoms with E-state index in [0.717, 1.165) is 23.6 Å². The maximum atomic E-state index is 11.0. The Hall–Kier alpha value is -0.740. The molecular formula is C10H12ClNO2S. The molecule has 5 heteroatoms. The Kier molecular flexibility index (Phi) is 3.17. The van der Waals surface area contributed by atoms with Gasteiger partial charge in [0.1, 0.15) is 0 Å². The fraction of sp³-hybridized carbons (Fsp3) is 0.500. The van der Waals surface area contributed by atoms with Crippen molar-refractivity contribution >= 4 is 29.0 Å². The third-order valence-electron chi connectivity index (χ3n) is 2.56. The van der Waals surface area contributed by atoms with Crippen LogP contribution in [-0.4, -0.2) is 19.2 Å². The van der Waals surface area contributed by atoms with Gasteiger partial charge in [-0.3, -0.25) is 0 Å². The van der Waals surface area contributed by atoms with Crippen LogP contribution in [0.25, 0.3) is 0 Å². The third kappa shape index (κ3) is 2.44. The summed E-state index contributed by atoms with van der Waals surface area (Å²) in [5.74, 6) is 0. The van der Waals surface area contributed by atoms with Crippen LogP contribution in [0, 0.1) is 0 Å². The molecule has 1 unspecified atom stereocenters. The number of aryl methyl sites for hydroxylation is 1. The molecule has 1 atom stereocenters. The molecule has 0 saturated carbocycles. The van der Waals surface area contributed by atoms with Crippen molar-refractivity contribution in [1.82, 2.24) is 5.32 Å². The fourth-order valence-corrected chi connectivity index (χ4v) is 3.18. The Bertz CT molecular complexity index is 377. The highest BCUT2D eigenvalue weighted by Gasteiger charge is 2.22. The zero-order chi connectivity index (χ0) is 10.8. The molecule has 0 bridgehead atoms. The monoisotopic (exact) mass is 245 g/mol. The number of halogens is 1. The summed E-state index contributed by atoms with van der Waals surface area (Å²) in [5, 5.41) is 2.82. The van der Waals surface area contributed by atoms with Crippen LogP contribution in [0.1, 0.15) is 16.9 Å². The van der Waals surface area contributed by atoms with Gasteiger partial charge < -0.3 is 10.1 Å². The third-order valence-corrected chi connectivity index (χ3v) is 3.93. The number of carbonyl (C=O) groups is 1. The first-order valence-corrected chi connectivity index (χ1v) is 6.00. The lowest BCUT2D eigenvalue weighted by Gasteiger charge is -2.22. The number of fused-ring (bicyclic) bond motifs is 1. The predicted molar refractivity (Wildman–Crippen MR) is 60.7 cm³/mol. The highest BCUT2D eigenvalue weighted by Crippen LogP contribution is 2.32. The summed E-state index contributed by atoms with van der Waals surface area (Å²) in [4.78, 5) is 12.4. The molecular weight excluding hydrogens is 234 g/mol. The number of methoxy groups -OCH3 is 1. The normalized spacial score (nSPS) is 19.5.